The van der Waals surface area contributed by atoms with E-state index in [2.05, 4.69) is 34.5 Å². The van der Waals surface area contributed by atoms with Gasteiger partial charge in [-0.2, -0.15) is 0 Å². The van der Waals surface area contributed by atoms with E-state index >= 15 is 0 Å². The van der Waals surface area contributed by atoms with Crippen LogP contribution in [0.15, 0.2) is 18.2 Å². The molecule has 19 heavy (non-hydrogen) atoms. The highest BCUT2D eigenvalue weighted by Crippen LogP contribution is 2.26. The first kappa shape index (κ1) is 14.2. The van der Waals surface area contributed by atoms with E-state index in [9.17, 15) is 0 Å². The molecule has 0 amide bonds. The molecule has 5 heteroatoms. The van der Waals surface area contributed by atoms with Crippen LogP contribution in [0.4, 0.5) is 0 Å². The number of para-hydroxylation sites is 1. The number of likely N-dealkylation sites (N-methyl/N-ethyl adjacent to an activating group) is 1. The van der Waals surface area contributed by atoms with Crippen LogP contribution >= 0.6 is 11.6 Å². The van der Waals surface area contributed by atoms with Crippen LogP contribution in [0.2, 0.25) is 0 Å². The minimum atomic E-state index is 0.410. The monoisotopic (exact) mass is 281 g/mol. The minimum Gasteiger partial charge on any atom is -0.494 e. The highest BCUT2D eigenvalue weighted by Gasteiger charge is 2.13. The van der Waals surface area contributed by atoms with Crippen LogP contribution in [0.1, 0.15) is 12.7 Å². The second-order valence-electron chi connectivity index (χ2n) is 4.54. The molecule has 0 bridgehead atoms. The molecule has 0 saturated carbocycles. The molecule has 0 unspecified atom stereocenters. The summed E-state index contributed by atoms with van der Waals surface area (Å²) in [6.07, 6.45) is 0. The zero-order valence-corrected chi connectivity index (χ0v) is 12.4. The summed E-state index contributed by atoms with van der Waals surface area (Å²) in [5, 5.41) is 0. The fourth-order valence-corrected chi connectivity index (χ4v) is 2.32. The Kier molecular flexibility index (Phi) is 4.66. The maximum atomic E-state index is 6.01. The molecule has 2 rings (SSSR count). The fraction of sp³-hybridized carbons (Fsp3) is 0.500. The van der Waals surface area contributed by atoms with Crippen LogP contribution in [0.3, 0.4) is 0 Å². The van der Waals surface area contributed by atoms with E-state index in [4.69, 9.17) is 16.3 Å². The standard InChI is InChI=1S/C14H20ClN3O/c1-4-17(2)8-9-18-11-6-5-7-12(19-3)14(11)16-13(18)10-15/h5-7H,4,8-10H2,1-3H3. The van der Waals surface area contributed by atoms with Crippen LogP contribution in [0.5, 0.6) is 5.75 Å². The van der Waals surface area contributed by atoms with Gasteiger partial charge in [-0.05, 0) is 25.7 Å². The van der Waals surface area contributed by atoms with Crippen molar-refractivity contribution in [3.05, 3.63) is 24.0 Å². The highest BCUT2D eigenvalue weighted by atomic mass is 35.5. The van der Waals surface area contributed by atoms with E-state index in [1.165, 1.54) is 0 Å². The molecule has 1 aromatic carbocycles. The van der Waals surface area contributed by atoms with Crippen molar-refractivity contribution in [2.45, 2.75) is 19.3 Å². The van der Waals surface area contributed by atoms with Gasteiger partial charge in [-0.15, -0.1) is 11.6 Å². The SMILES string of the molecule is CCN(C)CCn1c(CCl)nc2c(OC)cccc21. The molecule has 0 N–H and O–H groups in total. The first-order valence-corrected chi connectivity index (χ1v) is 7.01. The topological polar surface area (TPSA) is 30.3 Å². The van der Waals surface area contributed by atoms with Crippen LogP contribution in [-0.2, 0) is 12.4 Å². The lowest BCUT2D eigenvalue weighted by molar-refractivity contribution is 0.335. The van der Waals surface area contributed by atoms with Crippen molar-refractivity contribution >= 4 is 22.6 Å². The number of ether oxygens (including phenoxy) is 1. The molecule has 0 fully saturated rings. The number of nitrogens with zero attached hydrogens (tertiary/aromatic N) is 3. The Labute approximate surface area is 118 Å². The third kappa shape index (κ3) is 2.85. The summed E-state index contributed by atoms with van der Waals surface area (Å²) in [7, 11) is 3.78. The van der Waals surface area contributed by atoms with Crippen LogP contribution in [0.25, 0.3) is 11.0 Å². The molecule has 0 aliphatic heterocycles. The summed E-state index contributed by atoms with van der Waals surface area (Å²) >= 11 is 6.01. The van der Waals surface area contributed by atoms with E-state index in [-0.39, 0.29) is 0 Å². The molecule has 0 aliphatic carbocycles. The van der Waals surface area contributed by atoms with Crippen molar-refractivity contribution in [2.24, 2.45) is 0 Å². The quantitative estimate of drug-likeness (QED) is 0.763. The minimum absolute atomic E-state index is 0.410. The first-order valence-electron chi connectivity index (χ1n) is 6.47. The summed E-state index contributed by atoms with van der Waals surface area (Å²) in [5.41, 5.74) is 1.97. The van der Waals surface area contributed by atoms with Gasteiger partial charge >= 0.3 is 0 Å². The number of fused-ring (bicyclic) bond motifs is 1. The third-order valence-electron chi connectivity index (χ3n) is 3.41. The Balaban J connectivity index is 2.40. The average molecular weight is 282 g/mol. The number of benzene rings is 1. The number of methoxy groups -OCH3 is 1. The van der Waals surface area contributed by atoms with Gasteiger partial charge in [0.05, 0.1) is 18.5 Å². The van der Waals surface area contributed by atoms with Gasteiger partial charge in [-0.3, -0.25) is 0 Å². The van der Waals surface area contributed by atoms with E-state index in [1.807, 2.05) is 12.1 Å². The van der Waals surface area contributed by atoms with Crippen molar-refractivity contribution in [1.29, 1.82) is 0 Å². The van der Waals surface area contributed by atoms with Crippen molar-refractivity contribution < 1.29 is 4.74 Å². The maximum absolute atomic E-state index is 6.01. The Bertz CT molecular complexity index is 553. The zero-order chi connectivity index (χ0) is 13.8. The molecule has 0 aliphatic rings. The number of alkyl halides is 1. The van der Waals surface area contributed by atoms with Crippen molar-refractivity contribution in [2.75, 3.05) is 27.2 Å². The molecule has 1 heterocycles. The second kappa shape index (κ2) is 6.26. The molecule has 0 saturated heterocycles. The fourth-order valence-electron chi connectivity index (χ4n) is 2.11. The van der Waals surface area contributed by atoms with E-state index < -0.39 is 0 Å². The second-order valence-corrected chi connectivity index (χ2v) is 4.80. The van der Waals surface area contributed by atoms with E-state index in [0.29, 0.717) is 5.88 Å². The Morgan fingerprint density at radius 3 is 2.84 bits per heavy atom. The van der Waals surface area contributed by atoms with E-state index in [1.54, 1.807) is 7.11 Å². The Morgan fingerprint density at radius 1 is 1.42 bits per heavy atom. The molecular weight excluding hydrogens is 262 g/mol. The van der Waals surface area contributed by atoms with Crippen LogP contribution in [-0.4, -0.2) is 41.7 Å². The Morgan fingerprint density at radius 2 is 2.21 bits per heavy atom. The van der Waals surface area contributed by atoms with Crippen molar-refractivity contribution in [3.63, 3.8) is 0 Å². The summed E-state index contributed by atoms with van der Waals surface area (Å²) in [6, 6.07) is 5.98. The smallest absolute Gasteiger partial charge is 0.146 e. The highest BCUT2D eigenvalue weighted by molar-refractivity contribution is 6.16. The molecular formula is C14H20ClN3O. The summed E-state index contributed by atoms with van der Waals surface area (Å²) in [5.74, 6) is 2.10. The molecule has 0 radical (unpaired) electrons. The predicted molar refractivity (Wildman–Crippen MR) is 79.0 cm³/mol. The molecule has 104 valence electrons. The maximum Gasteiger partial charge on any atom is 0.146 e. The molecule has 4 nitrogen and oxygen atoms in total. The molecule has 0 spiro atoms. The summed E-state index contributed by atoms with van der Waals surface area (Å²) in [4.78, 5) is 6.86. The molecule has 1 aromatic heterocycles. The third-order valence-corrected chi connectivity index (χ3v) is 3.64. The van der Waals surface area contributed by atoms with Gasteiger partial charge in [0.15, 0.2) is 0 Å². The predicted octanol–water partition coefficient (Wildman–Crippen LogP) is 2.74. The van der Waals surface area contributed by atoms with Crippen LogP contribution in [0, 0.1) is 0 Å². The molecule has 2 aromatic rings. The number of rotatable bonds is 6. The lowest BCUT2D eigenvalue weighted by atomic mass is 10.3. The largest absolute Gasteiger partial charge is 0.494 e. The van der Waals surface area contributed by atoms with Gasteiger partial charge in [0.1, 0.15) is 17.1 Å². The summed E-state index contributed by atoms with van der Waals surface area (Å²) in [6.45, 7) is 5.04. The summed E-state index contributed by atoms with van der Waals surface area (Å²) < 4.78 is 7.54. The van der Waals surface area contributed by atoms with Gasteiger partial charge in [-0.1, -0.05) is 13.0 Å². The lowest BCUT2D eigenvalue weighted by Crippen LogP contribution is -2.23. The van der Waals surface area contributed by atoms with Gasteiger partial charge in [0, 0.05) is 13.1 Å². The number of hydrogen-bond acceptors (Lipinski definition) is 3. The van der Waals surface area contributed by atoms with Crippen molar-refractivity contribution in [1.82, 2.24) is 14.5 Å². The lowest BCUT2D eigenvalue weighted by Gasteiger charge is -2.15. The van der Waals surface area contributed by atoms with Crippen LogP contribution < -0.4 is 4.74 Å². The van der Waals surface area contributed by atoms with Gasteiger partial charge in [0.25, 0.3) is 0 Å². The Hall–Kier alpha value is -1.26. The normalized spacial score (nSPS) is 11.4. The number of imidazole rings is 1. The van der Waals surface area contributed by atoms with Gasteiger partial charge < -0.3 is 14.2 Å². The van der Waals surface area contributed by atoms with Gasteiger partial charge in [0.2, 0.25) is 0 Å². The average Bonchev–Trinajstić information content (AvgIpc) is 2.82. The molecule has 0 atom stereocenters. The van der Waals surface area contributed by atoms with Gasteiger partial charge in [-0.25, -0.2) is 4.98 Å². The van der Waals surface area contributed by atoms with E-state index in [0.717, 1.165) is 42.2 Å². The number of halogens is 1. The number of hydrogen-bond donors (Lipinski definition) is 0. The van der Waals surface area contributed by atoms with Crippen molar-refractivity contribution in [3.8, 4) is 5.75 Å². The zero-order valence-electron chi connectivity index (χ0n) is 11.7. The first-order chi connectivity index (χ1) is 9.21. The number of aromatic nitrogens is 2.